The predicted octanol–water partition coefficient (Wildman–Crippen LogP) is 3.64. The van der Waals surface area contributed by atoms with E-state index in [4.69, 9.17) is 11.6 Å². The number of aromatic nitrogens is 1. The van der Waals surface area contributed by atoms with Crippen molar-refractivity contribution in [2.24, 2.45) is 5.92 Å². The van der Waals surface area contributed by atoms with Gasteiger partial charge in [-0.15, -0.1) is 0 Å². The second kappa shape index (κ2) is 6.75. The first-order chi connectivity index (χ1) is 11.0. The molecule has 2 atom stereocenters. The van der Waals surface area contributed by atoms with Crippen molar-refractivity contribution in [2.45, 2.75) is 38.1 Å². The SMILES string of the molecule is CCS(=O)(=O)NC(c1cncc(C2C=CC(Cl)=CC2)c1)C1CC1. The van der Waals surface area contributed by atoms with E-state index in [1.165, 1.54) is 0 Å². The maximum atomic E-state index is 12.0. The van der Waals surface area contributed by atoms with Gasteiger partial charge in [0.05, 0.1) is 11.8 Å². The molecule has 1 heterocycles. The lowest BCUT2D eigenvalue weighted by atomic mass is 9.91. The third kappa shape index (κ3) is 4.22. The molecule has 2 unspecified atom stereocenters. The minimum Gasteiger partial charge on any atom is -0.264 e. The molecule has 23 heavy (non-hydrogen) atoms. The first-order valence-electron chi connectivity index (χ1n) is 7.97. The zero-order chi connectivity index (χ0) is 16.4. The van der Waals surface area contributed by atoms with Crippen LogP contribution in [0.25, 0.3) is 0 Å². The molecule has 2 aliphatic rings. The Morgan fingerprint density at radius 1 is 1.39 bits per heavy atom. The number of hydrogen-bond acceptors (Lipinski definition) is 3. The van der Waals surface area contributed by atoms with Crippen LogP contribution in [0.1, 0.15) is 49.3 Å². The van der Waals surface area contributed by atoms with Gasteiger partial charge < -0.3 is 0 Å². The van der Waals surface area contributed by atoms with Crippen LogP contribution < -0.4 is 4.72 Å². The van der Waals surface area contributed by atoms with Crippen molar-refractivity contribution in [3.8, 4) is 0 Å². The standard InChI is InChI=1S/C17H21ClN2O2S/c1-2-23(21,22)20-17(13-3-4-13)15-9-14(10-19-11-15)12-5-7-16(18)8-6-12/h5,7-13,17,20H,2-4,6H2,1H3. The van der Waals surface area contributed by atoms with E-state index in [1.807, 2.05) is 18.3 Å². The van der Waals surface area contributed by atoms with Crippen LogP contribution in [0.3, 0.4) is 0 Å². The molecule has 2 aliphatic carbocycles. The number of pyridine rings is 1. The summed E-state index contributed by atoms with van der Waals surface area (Å²) in [5.74, 6) is 0.718. The average molecular weight is 353 g/mol. The van der Waals surface area contributed by atoms with Crippen LogP contribution in [0.2, 0.25) is 0 Å². The monoisotopic (exact) mass is 352 g/mol. The molecular formula is C17H21ClN2O2S. The molecule has 0 radical (unpaired) electrons. The number of halogens is 1. The van der Waals surface area contributed by atoms with Crippen LogP contribution in [0.4, 0.5) is 0 Å². The van der Waals surface area contributed by atoms with E-state index in [-0.39, 0.29) is 17.7 Å². The third-order valence-corrected chi connectivity index (χ3v) is 6.06. The Kier molecular flexibility index (Phi) is 4.90. The molecule has 1 N–H and O–H groups in total. The number of sulfonamides is 1. The molecule has 1 aromatic heterocycles. The Balaban J connectivity index is 1.84. The van der Waals surface area contributed by atoms with Gasteiger partial charge in [-0.3, -0.25) is 4.98 Å². The zero-order valence-corrected chi connectivity index (χ0v) is 14.6. The summed E-state index contributed by atoms with van der Waals surface area (Å²) >= 11 is 5.97. The van der Waals surface area contributed by atoms with Gasteiger partial charge in [-0.1, -0.05) is 29.8 Å². The van der Waals surface area contributed by atoms with Crippen molar-refractivity contribution >= 4 is 21.6 Å². The van der Waals surface area contributed by atoms with E-state index in [0.717, 1.165) is 35.4 Å². The number of nitrogens with one attached hydrogen (secondary N) is 1. The highest BCUT2D eigenvalue weighted by atomic mass is 35.5. The summed E-state index contributed by atoms with van der Waals surface area (Å²) in [7, 11) is -3.24. The second-order valence-electron chi connectivity index (χ2n) is 6.18. The van der Waals surface area contributed by atoms with Crippen LogP contribution >= 0.6 is 11.6 Å². The number of nitrogens with zero attached hydrogens (tertiary/aromatic N) is 1. The van der Waals surface area contributed by atoms with Gasteiger partial charge in [0.15, 0.2) is 0 Å². The van der Waals surface area contributed by atoms with E-state index in [0.29, 0.717) is 5.92 Å². The molecule has 0 bridgehead atoms. The lowest BCUT2D eigenvalue weighted by molar-refractivity contribution is 0.528. The first kappa shape index (κ1) is 16.7. The van der Waals surface area contributed by atoms with Crippen molar-refractivity contribution in [3.63, 3.8) is 0 Å². The van der Waals surface area contributed by atoms with Crippen LogP contribution in [0.5, 0.6) is 0 Å². The van der Waals surface area contributed by atoms with Crippen LogP contribution in [0.15, 0.2) is 41.7 Å². The molecule has 6 heteroatoms. The van der Waals surface area contributed by atoms with Gasteiger partial charge in [-0.05, 0) is 49.3 Å². The first-order valence-corrected chi connectivity index (χ1v) is 10.00. The van der Waals surface area contributed by atoms with Crippen LogP contribution in [0, 0.1) is 5.92 Å². The fourth-order valence-electron chi connectivity index (χ4n) is 2.83. The maximum Gasteiger partial charge on any atom is 0.211 e. The van der Waals surface area contributed by atoms with E-state index in [1.54, 1.807) is 13.1 Å². The van der Waals surface area contributed by atoms with E-state index in [2.05, 4.69) is 21.8 Å². The smallest absolute Gasteiger partial charge is 0.211 e. The van der Waals surface area contributed by atoms with Gasteiger partial charge in [0.2, 0.25) is 10.0 Å². The summed E-state index contributed by atoms with van der Waals surface area (Å²) < 4.78 is 26.8. The van der Waals surface area contributed by atoms with Crippen molar-refractivity contribution in [1.82, 2.24) is 9.71 Å². The van der Waals surface area contributed by atoms with Gasteiger partial charge in [-0.2, -0.15) is 0 Å². The molecule has 1 fully saturated rings. The maximum absolute atomic E-state index is 12.0. The van der Waals surface area contributed by atoms with Crippen molar-refractivity contribution in [3.05, 3.63) is 52.8 Å². The van der Waals surface area contributed by atoms with Crippen molar-refractivity contribution < 1.29 is 8.42 Å². The lowest BCUT2D eigenvalue weighted by Gasteiger charge is -2.20. The Hall–Kier alpha value is -1.17. The molecule has 0 spiro atoms. The molecule has 124 valence electrons. The number of allylic oxidation sites excluding steroid dienone is 4. The van der Waals surface area contributed by atoms with E-state index < -0.39 is 10.0 Å². The largest absolute Gasteiger partial charge is 0.264 e. The fraction of sp³-hybridized carbons (Fsp3) is 0.471. The highest BCUT2D eigenvalue weighted by Crippen LogP contribution is 2.42. The summed E-state index contributed by atoms with van der Waals surface area (Å²) in [5, 5.41) is 0.761. The zero-order valence-electron chi connectivity index (χ0n) is 13.1. The summed E-state index contributed by atoms with van der Waals surface area (Å²) in [5.41, 5.74) is 2.05. The Morgan fingerprint density at radius 3 is 2.78 bits per heavy atom. The molecule has 1 aromatic rings. The third-order valence-electron chi connectivity index (χ3n) is 4.40. The lowest BCUT2D eigenvalue weighted by Crippen LogP contribution is -2.31. The van der Waals surface area contributed by atoms with Crippen molar-refractivity contribution in [2.75, 3.05) is 5.75 Å². The van der Waals surface area contributed by atoms with Gasteiger partial charge in [0.1, 0.15) is 0 Å². The Morgan fingerprint density at radius 2 is 2.17 bits per heavy atom. The summed E-state index contributed by atoms with van der Waals surface area (Å²) in [4.78, 5) is 4.34. The molecule has 0 amide bonds. The van der Waals surface area contributed by atoms with Gasteiger partial charge >= 0.3 is 0 Å². The molecule has 4 nitrogen and oxygen atoms in total. The highest BCUT2D eigenvalue weighted by molar-refractivity contribution is 7.89. The predicted molar refractivity (Wildman–Crippen MR) is 92.7 cm³/mol. The second-order valence-corrected chi connectivity index (χ2v) is 8.66. The summed E-state index contributed by atoms with van der Waals surface area (Å²) in [6.07, 6.45) is 12.6. The summed E-state index contributed by atoms with van der Waals surface area (Å²) in [6.45, 7) is 1.66. The minimum absolute atomic E-state index is 0.0952. The van der Waals surface area contributed by atoms with E-state index >= 15 is 0 Å². The Labute approximate surface area is 142 Å². The highest BCUT2D eigenvalue weighted by Gasteiger charge is 2.35. The van der Waals surface area contributed by atoms with Crippen LogP contribution in [-0.2, 0) is 10.0 Å². The normalized spacial score (nSPS) is 22.7. The molecule has 0 saturated heterocycles. The Bertz CT molecular complexity index is 739. The summed E-state index contributed by atoms with van der Waals surface area (Å²) in [6, 6.07) is 1.91. The van der Waals surface area contributed by atoms with E-state index in [9.17, 15) is 8.42 Å². The molecule has 0 aromatic carbocycles. The fourth-order valence-corrected chi connectivity index (χ4v) is 3.88. The van der Waals surface area contributed by atoms with Crippen LogP contribution in [-0.4, -0.2) is 19.2 Å². The quantitative estimate of drug-likeness (QED) is 0.850. The van der Waals surface area contributed by atoms with Gasteiger partial charge in [0, 0.05) is 23.3 Å². The molecule has 3 rings (SSSR count). The number of rotatable bonds is 6. The molecule has 1 saturated carbocycles. The topological polar surface area (TPSA) is 59.1 Å². The molecule has 0 aliphatic heterocycles. The van der Waals surface area contributed by atoms with Gasteiger partial charge in [0.25, 0.3) is 0 Å². The van der Waals surface area contributed by atoms with Crippen molar-refractivity contribution in [1.29, 1.82) is 0 Å². The minimum atomic E-state index is -3.24. The number of hydrogen-bond donors (Lipinski definition) is 1. The van der Waals surface area contributed by atoms with Gasteiger partial charge in [-0.25, -0.2) is 13.1 Å². The molecular weight excluding hydrogens is 332 g/mol. The average Bonchev–Trinajstić information content (AvgIpc) is 3.38.